The van der Waals surface area contributed by atoms with Crippen LogP contribution < -0.4 is 0 Å². The van der Waals surface area contributed by atoms with E-state index < -0.39 is 0 Å². The Kier molecular flexibility index (Phi) is 2.15. The van der Waals surface area contributed by atoms with Gasteiger partial charge in [0.25, 0.3) is 0 Å². The molecular weight excluding hydrogens is 300 g/mol. The molecule has 0 radical (unpaired) electrons. The van der Waals surface area contributed by atoms with Crippen LogP contribution in [0, 0.1) is 6.92 Å². The fourth-order valence-corrected chi connectivity index (χ4v) is 6.18. The number of hydrogen-bond donors (Lipinski definition) is 0. The second kappa shape index (κ2) is 3.82. The highest BCUT2D eigenvalue weighted by Crippen LogP contribution is 2.43. The smallest absolute Gasteiger partial charge is 0.0442 e. The molecule has 0 fully saturated rings. The SMILES string of the molecule is Cc1cc2c(ccc3c4ccc5sccc5c4sc23)s1. The molecule has 96 valence electrons. The van der Waals surface area contributed by atoms with E-state index in [1.54, 1.807) is 0 Å². The van der Waals surface area contributed by atoms with Gasteiger partial charge in [0.15, 0.2) is 0 Å². The number of aryl methyl sites for hydroxylation is 1. The Hall–Kier alpha value is -1.42. The summed E-state index contributed by atoms with van der Waals surface area (Å²) < 4.78 is 5.68. The number of benzene rings is 2. The molecule has 3 heteroatoms. The van der Waals surface area contributed by atoms with Crippen molar-refractivity contribution in [3.05, 3.63) is 46.7 Å². The molecule has 3 heterocycles. The number of hydrogen-bond acceptors (Lipinski definition) is 3. The van der Waals surface area contributed by atoms with E-state index in [4.69, 9.17) is 0 Å². The van der Waals surface area contributed by atoms with Gasteiger partial charge in [0.2, 0.25) is 0 Å². The molecule has 0 bridgehead atoms. The first kappa shape index (κ1) is 11.3. The van der Waals surface area contributed by atoms with Crippen LogP contribution in [0.5, 0.6) is 0 Å². The first-order valence-corrected chi connectivity index (χ1v) is 9.04. The number of fused-ring (bicyclic) bond motifs is 7. The minimum Gasteiger partial charge on any atom is -0.144 e. The third-order valence-electron chi connectivity index (χ3n) is 3.85. The summed E-state index contributed by atoms with van der Waals surface area (Å²) in [7, 11) is 0. The summed E-state index contributed by atoms with van der Waals surface area (Å²) in [6.45, 7) is 2.20. The van der Waals surface area contributed by atoms with Crippen LogP contribution in [0.25, 0.3) is 40.3 Å². The van der Waals surface area contributed by atoms with E-state index >= 15 is 0 Å². The van der Waals surface area contributed by atoms with Gasteiger partial charge in [-0.15, -0.1) is 34.0 Å². The summed E-state index contributed by atoms with van der Waals surface area (Å²) in [6.07, 6.45) is 0. The molecule has 0 aliphatic heterocycles. The van der Waals surface area contributed by atoms with Gasteiger partial charge < -0.3 is 0 Å². The first-order chi connectivity index (χ1) is 9.81. The zero-order valence-corrected chi connectivity index (χ0v) is 13.2. The lowest BCUT2D eigenvalue weighted by Gasteiger charge is -1.93. The normalized spacial score (nSPS) is 12.2. The maximum absolute atomic E-state index is 2.34. The van der Waals surface area contributed by atoms with Crippen molar-refractivity contribution in [2.45, 2.75) is 6.92 Å². The molecule has 0 saturated carbocycles. The average molecular weight is 310 g/mol. The molecule has 0 atom stereocenters. The highest BCUT2D eigenvalue weighted by atomic mass is 32.1. The van der Waals surface area contributed by atoms with E-state index in [1.165, 1.54) is 45.2 Å². The summed E-state index contributed by atoms with van der Waals surface area (Å²) in [4.78, 5) is 1.39. The summed E-state index contributed by atoms with van der Waals surface area (Å²) >= 11 is 5.67. The Morgan fingerprint density at radius 1 is 0.700 bits per heavy atom. The monoisotopic (exact) mass is 310 g/mol. The van der Waals surface area contributed by atoms with Crippen LogP contribution in [0.1, 0.15) is 4.88 Å². The molecule has 5 rings (SSSR count). The van der Waals surface area contributed by atoms with Crippen LogP contribution in [-0.2, 0) is 0 Å². The molecule has 3 aromatic heterocycles. The van der Waals surface area contributed by atoms with E-state index in [1.807, 2.05) is 34.0 Å². The third kappa shape index (κ3) is 1.35. The van der Waals surface area contributed by atoms with Gasteiger partial charge in [-0.1, -0.05) is 12.1 Å². The molecule has 0 unspecified atom stereocenters. The van der Waals surface area contributed by atoms with Crippen LogP contribution in [0.4, 0.5) is 0 Å². The zero-order valence-electron chi connectivity index (χ0n) is 10.8. The second-order valence-corrected chi connectivity index (χ2v) is 8.34. The van der Waals surface area contributed by atoms with E-state index in [0.29, 0.717) is 0 Å². The quantitative estimate of drug-likeness (QED) is 0.295. The topological polar surface area (TPSA) is 0 Å². The molecule has 2 aromatic carbocycles. The van der Waals surface area contributed by atoms with Crippen LogP contribution in [0.3, 0.4) is 0 Å². The third-order valence-corrected chi connectivity index (χ3v) is 7.04. The average Bonchev–Trinajstić information content (AvgIpc) is 3.11. The van der Waals surface area contributed by atoms with Crippen molar-refractivity contribution in [3.8, 4) is 0 Å². The Labute approximate surface area is 127 Å². The van der Waals surface area contributed by atoms with E-state index in [9.17, 15) is 0 Å². The van der Waals surface area contributed by atoms with Crippen molar-refractivity contribution in [1.82, 2.24) is 0 Å². The minimum atomic E-state index is 1.39. The van der Waals surface area contributed by atoms with Crippen molar-refractivity contribution >= 4 is 74.4 Å². The fourth-order valence-electron chi connectivity index (χ4n) is 2.98. The molecule has 0 amide bonds. The van der Waals surface area contributed by atoms with Crippen molar-refractivity contribution in [3.63, 3.8) is 0 Å². The number of thiophene rings is 3. The van der Waals surface area contributed by atoms with Crippen LogP contribution >= 0.6 is 34.0 Å². The minimum absolute atomic E-state index is 1.39. The molecule has 0 saturated heterocycles. The highest BCUT2D eigenvalue weighted by molar-refractivity contribution is 7.29. The van der Waals surface area contributed by atoms with Gasteiger partial charge in [-0.2, -0.15) is 0 Å². The maximum atomic E-state index is 2.34. The summed E-state index contributed by atoms with van der Waals surface area (Å²) in [5.74, 6) is 0. The van der Waals surface area contributed by atoms with Crippen LogP contribution in [0.15, 0.2) is 41.8 Å². The zero-order chi connectivity index (χ0) is 13.3. The molecule has 0 nitrogen and oxygen atoms in total. The van der Waals surface area contributed by atoms with Gasteiger partial charge in [-0.05, 0) is 36.6 Å². The molecule has 20 heavy (non-hydrogen) atoms. The molecule has 0 aliphatic carbocycles. The fraction of sp³-hybridized carbons (Fsp3) is 0.0588. The summed E-state index contributed by atoms with van der Waals surface area (Å²) in [6, 6.07) is 13.7. The van der Waals surface area contributed by atoms with Crippen LogP contribution in [-0.4, -0.2) is 0 Å². The van der Waals surface area contributed by atoms with Gasteiger partial charge in [0, 0.05) is 45.2 Å². The van der Waals surface area contributed by atoms with Gasteiger partial charge in [0.05, 0.1) is 0 Å². The lowest BCUT2D eigenvalue weighted by atomic mass is 10.1. The lowest BCUT2D eigenvalue weighted by Crippen LogP contribution is -1.67. The van der Waals surface area contributed by atoms with Crippen molar-refractivity contribution in [1.29, 1.82) is 0 Å². The standard InChI is InChI=1S/C17H10S3/c1-9-8-13-15(19-9)5-3-11-10-2-4-14-12(6-7-18-14)16(10)20-17(11)13/h2-8H,1H3. The Bertz CT molecular complexity index is 1110. The molecule has 0 N–H and O–H groups in total. The number of rotatable bonds is 0. The van der Waals surface area contributed by atoms with Crippen molar-refractivity contribution in [2.24, 2.45) is 0 Å². The predicted octanol–water partition coefficient (Wildman–Crippen LogP) is 6.79. The van der Waals surface area contributed by atoms with Gasteiger partial charge in [-0.3, -0.25) is 0 Å². The molecule has 5 aromatic rings. The Morgan fingerprint density at radius 2 is 1.45 bits per heavy atom. The van der Waals surface area contributed by atoms with E-state index in [-0.39, 0.29) is 0 Å². The van der Waals surface area contributed by atoms with Gasteiger partial charge in [0.1, 0.15) is 0 Å². The largest absolute Gasteiger partial charge is 0.144 e. The lowest BCUT2D eigenvalue weighted by molar-refractivity contribution is 1.66. The van der Waals surface area contributed by atoms with E-state index in [2.05, 4.69) is 48.7 Å². The summed E-state index contributed by atoms with van der Waals surface area (Å²) in [5.41, 5.74) is 0. The summed E-state index contributed by atoms with van der Waals surface area (Å²) in [5, 5.41) is 7.84. The van der Waals surface area contributed by atoms with Gasteiger partial charge >= 0.3 is 0 Å². The predicted molar refractivity (Wildman–Crippen MR) is 94.8 cm³/mol. The maximum Gasteiger partial charge on any atom is 0.0442 e. The van der Waals surface area contributed by atoms with Crippen LogP contribution in [0.2, 0.25) is 0 Å². The molecular formula is C17H10S3. The Balaban J connectivity index is 2.11. The Morgan fingerprint density at radius 3 is 2.30 bits per heavy atom. The van der Waals surface area contributed by atoms with Gasteiger partial charge in [-0.25, -0.2) is 0 Å². The molecule has 0 aliphatic rings. The first-order valence-electron chi connectivity index (χ1n) is 6.53. The highest BCUT2D eigenvalue weighted by Gasteiger charge is 2.12. The van der Waals surface area contributed by atoms with Crippen molar-refractivity contribution in [2.75, 3.05) is 0 Å². The van der Waals surface area contributed by atoms with E-state index in [0.717, 1.165) is 0 Å². The molecule has 0 spiro atoms. The second-order valence-electron chi connectivity index (χ2n) is 5.09. The van der Waals surface area contributed by atoms with Crippen molar-refractivity contribution < 1.29 is 0 Å².